The summed E-state index contributed by atoms with van der Waals surface area (Å²) in [7, 11) is 0. The Labute approximate surface area is 121 Å². The van der Waals surface area contributed by atoms with Crippen molar-refractivity contribution in [2.75, 3.05) is 5.32 Å². The Hall–Kier alpha value is -1.89. The van der Waals surface area contributed by atoms with Crippen LogP contribution in [0.3, 0.4) is 0 Å². The summed E-state index contributed by atoms with van der Waals surface area (Å²) in [6.45, 7) is 0.369. The first kappa shape index (κ1) is 13.5. The second-order valence-electron chi connectivity index (χ2n) is 3.90. The van der Waals surface area contributed by atoms with Crippen molar-refractivity contribution in [2.45, 2.75) is 6.54 Å². The highest BCUT2D eigenvalue weighted by molar-refractivity contribution is 6.32. The number of halogens is 2. The van der Waals surface area contributed by atoms with E-state index in [0.717, 1.165) is 5.69 Å². The molecule has 2 rings (SSSR count). The van der Waals surface area contributed by atoms with Gasteiger partial charge in [-0.3, -0.25) is 0 Å². The lowest BCUT2D eigenvalue weighted by atomic mass is 10.2. The van der Waals surface area contributed by atoms with Crippen molar-refractivity contribution < 1.29 is 5.11 Å². The van der Waals surface area contributed by atoms with Gasteiger partial charge < -0.3 is 10.4 Å². The van der Waals surface area contributed by atoms with E-state index in [1.54, 1.807) is 36.4 Å². The maximum Gasteiger partial charge on any atom is 0.122 e. The van der Waals surface area contributed by atoms with Crippen LogP contribution in [0.1, 0.15) is 11.1 Å². The Kier molecular flexibility index (Phi) is 4.16. The second kappa shape index (κ2) is 5.83. The lowest BCUT2D eigenvalue weighted by Crippen LogP contribution is -2.00. The smallest absolute Gasteiger partial charge is 0.122 e. The van der Waals surface area contributed by atoms with Crippen LogP contribution in [0.4, 0.5) is 5.69 Å². The van der Waals surface area contributed by atoms with Gasteiger partial charge in [0.05, 0.1) is 10.6 Å². The third-order valence-electron chi connectivity index (χ3n) is 2.65. The largest absolute Gasteiger partial charge is 0.508 e. The average Bonchev–Trinajstić information content (AvgIpc) is 2.38. The number of phenols is 1. The van der Waals surface area contributed by atoms with Gasteiger partial charge in [0.25, 0.3) is 0 Å². The normalized spacial score (nSPS) is 9.95. The molecule has 0 bridgehead atoms. The number of nitrogens with one attached hydrogen (secondary N) is 1. The zero-order chi connectivity index (χ0) is 13.8. The van der Waals surface area contributed by atoms with Gasteiger partial charge >= 0.3 is 0 Å². The molecule has 0 aliphatic carbocycles. The first-order chi connectivity index (χ1) is 9.11. The molecule has 0 saturated heterocycles. The molecule has 0 amide bonds. The van der Waals surface area contributed by atoms with E-state index in [1.807, 2.05) is 6.07 Å². The number of hydrogen-bond donors (Lipinski definition) is 2. The number of nitrogens with zero attached hydrogens (tertiary/aromatic N) is 1. The highest BCUT2D eigenvalue weighted by Crippen LogP contribution is 2.27. The molecule has 0 radical (unpaired) electrons. The average molecular weight is 293 g/mol. The molecule has 0 fully saturated rings. The third-order valence-corrected chi connectivity index (χ3v) is 3.32. The lowest BCUT2D eigenvalue weighted by Gasteiger charge is -2.10. The Morgan fingerprint density at radius 2 is 1.95 bits per heavy atom. The molecular weight excluding hydrogens is 283 g/mol. The summed E-state index contributed by atoms with van der Waals surface area (Å²) in [5.74, 6) is 0.139. The van der Waals surface area contributed by atoms with Crippen LogP contribution in [0.2, 0.25) is 10.0 Å². The van der Waals surface area contributed by atoms with E-state index < -0.39 is 0 Å². The van der Waals surface area contributed by atoms with E-state index in [0.29, 0.717) is 27.7 Å². The van der Waals surface area contributed by atoms with Crippen molar-refractivity contribution in [1.82, 2.24) is 0 Å². The van der Waals surface area contributed by atoms with Crippen molar-refractivity contribution in [3.63, 3.8) is 0 Å². The van der Waals surface area contributed by atoms with E-state index in [-0.39, 0.29) is 5.75 Å². The predicted molar refractivity (Wildman–Crippen MR) is 76.6 cm³/mol. The number of anilines is 1. The number of rotatable bonds is 3. The molecule has 19 heavy (non-hydrogen) atoms. The number of phenolic OH excluding ortho intramolecular Hbond substituents is 1. The topological polar surface area (TPSA) is 56.0 Å². The molecule has 0 saturated carbocycles. The summed E-state index contributed by atoms with van der Waals surface area (Å²) in [4.78, 5) is 0. The molecule has 0 aromatic heterocycles. The molecule has 2 aromatic carbocycles. The highest BCUT2D eigenvalue weighted by Gasteiger charge is 2.06. The van der Waals surface area contributed by atoms with Gasteiger partial charge in [-0.2, -0.15) is 5.26 Å². The van der Waals surface area contributed by atoms with Crippen molar-refractivity contribution in [2.24, 2.45) is 0 Å². The molecule has 2 aromatic rings. The summed E-state index contributed by atoms with van der Waals surface area (Å²) >= 11 is 11.9. The van der Waals surface area contributed by atoms with Crippen LogP contribution < -0.4 is 5.32 Å². The van der Waals surface area contributed by atoms with Gasteiger partial charge in [-0.25, -0.2) is 0 Å². The molecule has 0 unspecified atom stereocenters. The van der Waals surface area contributed by atoms with Crippen LogP contribution in [0, 0.1) is 11.3 Å². The molecule has 2 N–H and O–H groups in total. The standard InChI is InChI=1S/C14H10Cl2N2O/c15-12-2-1-3-14(19)11(12)8-18-10-5-4-9(7-17)13(16)6-10/h1-6,18-19H,8H2. The van der Waals surface area contributed by atoms with Crippen LogP contribution in [0.25, 0.3) is 0 Å². The predicted octanol–water partition coefficient (Wildman–Crippen LogP) is 4.18. The maximum atomic E-state index is 9.71. The molecule has 0 aliphatic heterocycles. The van der Waals surface area contributed by atoms with Gasteiger partial charge in [0.15, 0.2) is 0 Å². The minimum atomic E-state index is 0.139. The number of benzene rings is 2. The van der Waals surface area contributed by atoms with Crippen molar-refractivity contribution in [3.05, 3.63) is 57.6 Å². The minimum Gasteiger partial charge on any atom is -0.508 e. The summed E-state index contributed by atoms with van der Waals surface area (Å²) in [5, 5.41) is 22.5. The first-order valence-corrected chi connectivity index (χ1v) is 6.27. The summed E-state index contributed by atoms with van der Waals surface area (Å²) < 4.78 is 0. The zero-order valence-electron chi connectivity index (χ0n) is 9.82. The number of hydrogen-bond acceptors (Lipinski definition) is 3. The molecule has 5 heteroatoms. The molecule has 0 aliphatic rings. The van der Waals surface area contributed by atoms with E-state index >= 15 is 0 Å². The van der Waals surface area contributed by atoms with E-state index in [1.165, 1.54) is 0 Å². The van der Waals surface area contributed by atoms with Crippen LogP contribution in [-0.2, 0) is 6.54 Å². The fraction of sp³-hybridized carbons (Fsp3) is 0.0714. The Morgan fingerprint density at radius 1 is 1.16 bits per heavy atom. The zero-order valence-corrected chi connectivity index (χ0v) is 11.3. The number of nitriles is 1. The quantitative estimate of drug-likeness (QED) is 0.892. The lowest BCUT2D eigenvalue weighted by molar-refractivity contribution is 0.469. The summed E-state index contributed by atoms with van der Waals surface area (Å²) in [5.41, 5.74) is 1.79. The molecular formula is C14H10Cl2N2O. The van der Waals surface area contributed by atoms with Gasteiger partial charge in [-0.05, 0) is 30.3 Å². The van der Waals surface area contributed by atoms with Gasteiger partial charge in [0, 0.05) is 22.8 Å². The molecule has 3 nitrogen and oxygen atoms in total. The SMILES string of the molecule is N#Cc1ccc(NCc2c(O)cccc2Cl)cc1Cl. The van der Waals surface area contributed by atoms with Crippen molar-refractivity contribution >= 4 is 28.9 Å². The first-order valence-electron chi connectivity index (χ1n) is 5.51. The Bertz CT molecular complexity index is 630. The monoisotopic (exact) mass is 292 g/mol. The van der Waals surface area contributed by atoms with Crippen LogP contribution in [-0.4, -0.2) is 5.11 Å². The fourth-order valence-corrected chi connectivity index (χ4v) is 2.09. The van der Waals surface area contributed by atoms with E-state index in [2.05, 4.69) is 5.32 Å². The van der Waals surface area contributed by atoms with Gasteiger partial charge in [0.2, 0.25) is 0 Å². The second-order valence-corrected chi connectivity index (χ2v) is 4.71. The Balaban J connectivity index is 2.15. The van der Waals surface area contributed by atoms with Gasteiger partial charge in [-0.15, -0.1) is 0 Å². The van der Waals surface area contributed by atoms with Gasteiger partial charge in [0.1, 0.15) is 11.8 Å². The molecule has 0 spiro atoms. The summed E-state index contributed by atoms with van der Waals surface area (Å²) in [6, 6.07) is 12.0. The van der Waals surface area contributed by atoms with Crippen LogP contribution in [0.15, 0.2) is 36.4 Å². The molecule has 0 heterocycles. The minimum absolute atomic E-state index is 0.139. The van der Waals surface area contributed by atoms with Crippen molar-refractivity contribution in [3.8, 4) is 11.8 Å². The fourth-order valence-electron chi connectivity index (χ4n) is 1.63. The van der Waals surface area contributed by atoms with Crippen LogP contribution >= 0.6 is 23.2 Å². The number of aromatic hydroxyl groups is 1. The highest BCUT2D eigenvalue weighted by atomic mass is 35.5. The maximum absolute atomic E-state index is 9.71. The van der Waals surface area contributed by atoms with Crippen LogP contribution in [0.5, 0.6) is 5.75 Å². The van der Waals surface area contributed by atoms with Gasteiger partial charge in [-0.1, -0.05) is 29.3 Å². The molecule has 96 valence electrons. The third kappa shape index (κ3) is 3.11. The van der Waals surface area contributed by atoms with Crippen molar-refractivity contribution in [1.29, 1.82) is 5.26 Å². The van der Waals surface area contributed by atoms with E-state index in [4.69, 9.17) is 28.5 Å². The Morgan fingerprint density at radius 3 is 2.58 bits per heavy atom. The summed E-state index contributed by atoms with van der Waals surface area (Å²) in [6.07, 6.45) is 0. The molecule has 0 atom stereocenters. The van der Waals surface area contributed by atoms with E-state index in [9.17, 15) is 5.11 Å².